The highest BCUT2D eigenvalue weighted by atomic mass is 32.2. The first-order valence-corrected chi connectivity index (χ1v) is 9.20. The molecule has 3 aromatic rings. The number of anilines is 1. The van der Waals surface area contributed by atoms with Gasteiger partial charge in [-0.05, 0) is 49.4 Å². The average molecular weight is 374 g/mol. The molecule has 1 N–H and O–H groups in total. The fraction of sp³-hybridized carbons (Fsp3) is 0.167. The summed E-state index contributed by atoms with van der Waals surface area (Å²) >= 11 is 0. The van der Waals surface area contributed by atoms with E-state index in [0.717, 1.165) is 0 Å². The second-order valence-electron chi connectivity index (χ2n) is 5.53. The minimum Gasteiger partial charge on any atom is -0.497 e. The van der Waals surface area contributed by atoms with Crippen molar-refractivity contribution in [1.82, 2.24) is 5.16 Å². The minimum atomic E-state index is -3.88. The highest BCUT2D eigenvalue weighted by Gasteiger charge is 2.21. The van der Waals surface area contributed by atoms with Gasteiger partial charge >= 0.3 is 0 Å². The SMILES string of the molecule is COc1ccc(NS(=O)(=O)c2cc(-c3cc(C)no3)ccc2OC)cc1. The molecule has 0 aliphatic heterocycles. The van der Waals surface area contributed by atoms with Crippen molar-refractivity contribution >= 4 is 15.7 Å². The number of methoxy groups -OCH3 is 2. The zero-order valence-corrected chi connectivity index (χ0v) is 15.3. The molecule has 0 saturated heterocycles. The quantitative estimate of drug-likeness (QED) is 0.710. The molecule has 0 spiro atoms. The lowest BCUT2D eigenvalue weighted by Gasteiger charge is -2.13. The Morgan fingerprint density at radius 3 is 2.31 bits per heavy atom. The Morgan fingerprint density at radius 2 is 1.73 bits per heavy atom. The van der Waals surface area contributed by atoms with Crippen molar-refractivity contribution in [2.45, 2.75) is 11.8 Å². The number of rotatable bonds is 6. The van der Waals surface area contributed by atoms with Crippen LogP contribution in [0.2, 0.25) is 0 Å². The summed E-state index contributed by atoms with van der Waals surface area (Å²) in [5.74, 6) is 1.34. The lowest BCUT2D eigenvalue weighted by Crippen LogP contribution is -2.14. The zero-order valence-electron chi connectivity index (χ0n) is 14.5. The van der Waals surface area contributed by atoms with Crippen molar-refractivity contribution in [2.24, 2.45) is 0 Å². The van der Waals surface area contributed by atoms with Gasteiger partial charge in [-0.25, -0.2) is 8.42 Å². The topological polar surface area (TPSA) is 90.7 Å². The van der Waals surface area contributed by atoms with Crippen LogP contribution in [0.25, 0.3) is 11.3 Å². The maximum absolute atomic E-state index is 12.9. The summed E-state index contributed by atoms with van der Waals surface area (Å²) in [6.45, 7) is 1.79. The Labute approximate surface area is 151 Å². The molecule has 0 bridgehead atoms. The molecular weight excluding hydrogens is 356 g/mol. The highest BCUT2D eigenvalue weighted by molar-refractivity contribution is 7.92. The first-order valence-electron chi connectivity index (χ1n) is 7.71. The summed E-state index contributed by atoms with van der Waals surface area (Å²) in [4.78, 5) is 0.00220. The molecule has 7 nitrogen and oxygen atoms in total. The number of ether oxygens (including phenoxy) is 2. The predicted octanol–water partition coefficient (Wildman–Crippen LogP) is 3.47. The molecule has 136 valence electrons. The smallest absolute Gasteiger partial charge is 0.265 e. The van der Waals surface area contributed by atoms with Crippen molar-refractivity contribution in [1.29, 1.82) is 0 Å². The molecular formula is C18H18N2O5S. The summed E-state index contributed by atoms with van der Waals surface area (Å²) in [5, 5.41) is 3.83. The van der Waals surface area contributed by atoms with E-state index >= 15 is 0 Å². The monoisotopic (exact) mass is 374 g/mol. The molecule has 0 unspecified atom stereocenters. The first kappa shape index (κ1) is 17.8. The van der Waals surface area contributed by atoms with Crippen LogP contribution in [0.1, 0.15) is 5.69 Å². The zero-order chi connectivity index (χ0) is 18.7. The Kier molecular flexibility index (Phi) is 4.85. The first-order chi connectivity index (χ1) is 12.4. The number of benzene rings is 2. The third-order valence-electron chi connectivity index (χ3n) is 3.71. The standard InChI is InChI=1S/C18H18N2O5S/c1-12-10-17(25-19-12)13-4-9-16(24-3)18(11-13)26(21,22)20-14-5-7-15(23-2)8-6-14/h4-11,20H,1-3H3. The van der Waals surface area contributed by atoms with E-state index < -0.39 is 10.0 Å². The molecule has 0 atom stereocenters. The third kappa shape index (κ3) is 3.65. The number of nitrogens with zero attached hydrogens (tertiary/aromatic N) is 1. The number of sulfonamides is 1. The number of hydrogen-bond acceptors (Lipinski definition) is 6. The summed E-state index contributed by atoms with van der Waals surface area (Å²) in [6.07, 6.45) is 0. The Hall–Kier alpha value is -3.00. The Morgan fingerprint density at radius 1 is 1.00 bits per heavy atom. The lowest BCUT2D eigenvalue weighted by molar-refractivity contribution is 0.402. The van der Waals surface area contributed by atoms with Gasteiger partial charge in [0.05, 0.1) is 19.9 Å². The highest BCUT2D eigenvalue weighted by Crippen LogP contribution is 2.31. The molecule has 0 saturated carbocycles. The minimum absolute atomic E-state index is 0.00220. The molecule has 26 heavy (non-hydrogen) atoms. The molecule has 0 radical (unpaired) electrons. The molecule has 0 fully saturated rings. The van der Waals surface area contributed by atoms with Gasteiger partial charge in [0.1, 0.15) is 16.4 Å². The number of aryl methyl sites for hydroxylation is 1. The van der Waals surface area contributed by atoms with Gasteiger partial charge < -0.3 is 14.0 Å². The van der Waals surface area contributed by atoms with Crippen molar-refractivity contribution in [2.75, 3.05) is 18.9 Å². The molecule has 3 rings (SSSR count). The fourth-order valence-electron chi connectivity index (χ4n) is 2.41. The maximum Gasteiger partial charge on any atom is 0.265 e. The van der Waals surface area contributed by atoms with Gasteiger partial charge in [-0.15, -0.1) is 0 Å². The second kappa shape index (κ2) is 7.09. The number of hydrogen-bond donors (Lipinski definition) is 1. The normalized spacial score (nSPS) is 11.2. The van der Waals surface area contributed by atoms with Crippen molar-refractivity contribution in [3.05, 3.63) is 54.2 Å². The lowest BCUT2D eigenvalue weighted by atomic mass is 10.1. The van der Waals surface area contributed by atoms with Gasteiger partial charge in [-0.3, -0.25) is 4.72 Å². The molecule has 0 aliphatic rings. The molecule has 0 aliphatic carbocycles. The summed E-state index contributed by atoms with van der Waals surface area (Å²) in [5.41, 5.74) is 1.70. The van der Waals surface area contributed by atoms with Crippen LogP contribution in [-0.4, -0.2) is 27.8 Å². The Balaban J connectivity index is 1.99. The Bertz CT molecular complexity index is 1010. The molecule has 2 aromatic carbocycles. The van der Waals surface area contributed by atoms with Gasteiger partial charge in [0, 0.05) is 17.3 Å². The van der Waals surface area contributed by atoms with Crippen molar-refractivity contribution in [3.63, 3.8) is 0 Å². The summed E-state index contributed by atoms with van der Waals surface area (Å²) in [6, 6.07) is 13.1. The largest absolute Gasteiger partial charge is 0.497 e. The van der Waals surface area contributed by atoms with E-state index in [1.807, 2.05) is 0 Å². The van der Waals surface area contributed by atoms with E-state index in [9.17, 15) is 8.42 Å². The fourth-order valence-corrected chi connectivity index (χ4v) is 3.66. The predicted molar refractivity (Wildman–Crippen MR) is 97.0 cm³/mol. The van der Waals surface area contributed by atoms with E-state index in [1.165, 1.54) is 13.2 Å². The van der Waals surface area contributed by atoms with Crippen molar-refractivity contribution < 1.29 is 22.4 Å². The van der Waals surface area contributed by atoms with Gasteiger partial charge in [0.25, 0.3) is 10.0 Å². The second-order valence-corrected chi connectivity index (χ2v) is 7.18. The molecule has 1 heterocycles. The van der Waals surface area contributed by atoms with E-state index in [2.05, 4.69) is 9.88 Å². The van der Waals surface area contributed by atoms with Crippen LogP contribution in [-0.2, 0) is 10.0 Å². The summed E-state index contributed by atoms with van der Waals surface area (Å²) < 4.78 is 43.8. The average Bonchev–Trinajstić information content (AvgIpc) is 3.08. The molecule has 0 amide bonds. The van der Waals surface area contributed by atoms with E-state index in [1.54, 1.807) is 56.5 Å². The van der Waals surface area contributed by atoms with Crippen LogP contribution >= 0.6 is 0 Å². The van der Waals surface area contributed by atoms with E-state index in [0.29, 0.717) is 28.5 Å². The van der Waals surface area contributed by atoms with E-state index in [4.69, 9.17) is 14.0 Å². The van der Waals surface area contributed by atoms with Gasteiger partial charge in [-0.1, -0.05) is 5.16 Å². The number of aromatic nitrogens is 1. The van der Waals surface area contributed by atoms with Crippen LogP contribution in [0, 0.1) is 6.92 Å². The number of nitrogens with one attached hydrogen (secondary N) is 1. The van der Waals surface area contributed by atoms with Gasteiger partial charge in [-0.2, -0.15) is 0 Å². The molecule has 8 heteroatoms. The van der Waals surface area contributed by atoms with Crippen LogP contribution in [0.5, 0.6) is 11.5 Å². The van der Waals surface area contributed by atoms with Gasteiger partial charge in [0.2, 0.25) is 0 Å². The van der Waals surface area contributed by atoms with Crippen LogP contribution in [0.3, 0.4) is 0 Å². The maximum atomic E-state index is 12.9. The van der Waals surface area contributed by atoms with Crippen LogP contribution < -0.4 is 14.2 Å². The van der Waals surface area contributed by atoms with Crippen molar-refractivity contribution in [3.8, 4) is 22.8 Å². The van der Waals surface area contributed by atoms with E-state index in [-0.39, 0.29) is 10.6 Å². The van der Waals surface area contributed by atoms with Crippen LogP contribution in [0.4, 0.5) is 5.69 Å². The molecule has 1 aromatic heterocycles. The van der Waals surface area contributed by atoms with Crippen LogP contribution in [0.15, 0.2) is 57.9 Å². The van der Waals surface area contributed by atoms with Gasteiger partial charge in [0.15, 0.2) is 5.76 Å². The third-order valence-corrected chi connectivity index (χ3v) is 5.11. The summed E-state index contributed by atoms with van der Waals surface area (Å²) in [7, 11) is -0.918.